The van der Waals surface area contributed by atoms with E-state index < -0.39 is 17.9 Å². The minimum Gasteiger partial charge on any atom is -0.339 e. The van der Waals surface area contributed by atoms with Gasteiger partial charge in [0.25, 0.3) is 5.91 Å². The van der Waals surface area contributed by atoms with Crippen molar-refractivity contribution in [1.29, 1.82) is 0 Å². The van der Waals surface area contributed by atoms with Gasteiger partial charge in [0, 0.05) is 18.2 Å². The lowest BCUT2D eigenvalue weighted by atomic mass is 10.1. The number of rotatable bonds is 4. The maximum Gasteiger partial charge on any atom is 0.271 e. The Hall–Kier alpha value is -1.80. The van der Waals surface area contributed by atoms with Crippen molar-refractivity contribution in [2.45, 2.75) is 25.3 Å². The topological polar surface area (TPSA) is 114 Å². The highest BCUT2D eigenvalue weighted by atomic mass is 32.1. The predicted octanol–water partition coefficient (Wildman–Crippen LogP) is -0.821. The average molecular weight is 282 g/mol. The molecule has 0 bridgehead atoms. The second kappa shape index (κ2) is 5.89. The number of piperidine rings is 1. The minimum atomic E-state index is -0.676. The van der Waals surface area contributed by atoms with E-state index in [4.69, 9.17) is 5.73 Å². The highest BCUT2D eigenvalue weighted by molar-refractivity contribution is 7.09. The molecule has 4 N–H and O–H groups in total. The molecule has 1 fully saturated rings. The Labute approximate surface area is 113 Å². The summed E-state index contributed by atoms with van der Waals surface area (Å²) in [4.78, 5) is 38.5. The van der Waals surface area contributed by atoms with E-state index in [2.05, 4.69) is 15.6 Å². The molecule has 1 unspecified atom stereocenters. The first kappa shape index (κ1) is 13.6. The molecule has 3 amide bonds. The number of imide groups is 1. The van der Waals surface area contributed by atoms with Gasteiger partial charge in [0.1, 0.15) is 11.7 Å². The third-order valence-electron chi connectivity index (χ3n) is 2.69. The number of carbonyl (C=O) groups is 3. The molecule has 1 aliphatic rings. The Morgan fingerprint density at radius 2 is 2.37 bits per heavy atom. The molecule has 0 aromatic carbocycles. The number of nitrogens with one attached hydrogen (secondary N) is 2. The summed E-state index contributed by atoms with van der Waals surface area (Å²) in [5, 5.41) is 7.17. The third-order valence-corrected chi connectivity index (χ3v) is 3.60. The second-order valence-corrected chi connectivity index (χ2v) is 5.08. The number of carbonyl (C=O) groups excluding carboxylic acids is 3. The van der Waals surface area contributed by atoms with Crippen molar-refractivity contribution in [3.05, 3.63) is 16.1 Å². The number of nitrogens with two attached hydrogens (primary N) is 1. The molecule has 1 saturated heterocycles. The van der Waals surface area contributed by atoms with E-state index in [1.165, 1.54) is 11.3 Å². The lowest BCUT2D eigenvalue weighted by Crippen LogP contribution is -2.52. The Kier molecular flexibility index (Phi) is 4.23. The van der Waals surface area contributed by atoms with Gasteiger partial charge in [0.05, 0.1) is 5.01 Å². The molecule has 0 radical (unpaired) electrons. The number of aromatic nitrogens is 1. The van der Waals surface area contributed by atoms with Gasteiger partial charge in [-0.25, -0.2) is 4.98 Å². The zero-order valence-electron chi connectivity index (χ0n) is 10.1. The van der Waals surface area contributed by atoms with Gasteiger partial charge < -0.3 is 11.1 Å². The molecule has 0 aliphatic carbocycles. The first-order valence-corrected chi connectivity index (χ1v) is 6.77. The normalized spacial score (nSPS) is 19.1. The summed E-state index contributed by atoms with van der Waals surface area (Å²) in [6.07, 6.45) is 1.17. The van der Waals surface area contributed by atoms with E-state index in [-0.39, 0.29) is 18.0 Å². The Balaban J connectivity index is 1.96. The van der Waals surface area contributed by atoms with E-state index in [0.717, 1.165) is 5.01 Å². The molecule has 19 heavy (non-hydrogen) atoms. The number of hydrogen-bond acceptors (Lipinski definition) is 6. The van der Waals surface area contributed by atoms with E-state index in [1.54, 1.807) is 5.38 Å². The molecule has 1 atom stereocenters. The fourth-order valence-corrected chi connectivity index (χ4v) is 2.51. The molecule has 7 nitrogen and oxygen atoms in total. The molecule has 1 aromatic heterocycles. The zero-order valence-corrected chi connectivity index (χ0v) is 11.0. The van der Waals surface area contributed by atoms with Gasteiger partial charge in [-0.15, -0.1) is 11.3 Å². The Bertz CT molecular complexity index is 514. The van der Waals surface area contributed by atoms with Gasteiger partial charge in [0.2, 0.25) is 11.8 Å². The zero-order chi connectivity index (χ0) is 13.8. The SMILES string of the molecule is NCCc1nc(C(=O)NC2CCC(=O)NC2=O)cs1. The summed E-state index contributed by atoms with van der Waals surface area (Å²) in [6.45, 7) is 0.474. The van der Waals surface area contributed by atoms with E-state index in [1.807, 2.05) is 0 Å². The van der Waals surface area contributed by atoms with Gasteiger partial charge in [-0.2, -0.15) is 0 Å². The Morgan fingerprint density at radius 1 is 1.58 bits per heavy atom. The van der Waals surface area contributed by atoms with Gasteiger partial charge in [-0.3, -0.25) is 19.7 Å². The lowest BCUT2D eigenvalue weighted by molar-refractivity contribution is -0.134. The van der Waals surface area contributed by atoms with Crippen molar-refractivity contribution >= 4 is 29.1 Å². The number of thiazole rings is 1. The molecule has 0 spiro atoms. The maximum absolute atomic E-state index is 11.9. The van der Waals surface area contributed by atoms with Crippen molar-refractivity contribution in [3.63, 3.8) is 0 Å². The predicted molar refractivity (Wildman–Crippen MR) is 68.5 cm³/mol. The lowest BCUT2D eigenvalue weighted by Gasteiger charge is -2.21. The summed E-state index contributed by atoms with van der Waals surface area (Å²) in [6, 6.07) is -0.676. The van der Waals surface area contributed by atoms with Crippen LogP contribution in [0, 0.1) is 0 Å². The van der Waals surface area contributed by atoms with Crippen LogP contribution in [0.5, 0.6) is 0 Å². The molecule has 1 aliphatic heterocycles. The number of hydrogen-bond donors (Lipinski definition) is 3. The van der Waals surface area contributed by atoms with Crippen LogP contribution in [0.2, 0.25) is 0 Å². The van der Waals surface area contributed by atoms with Crippen molar-refractivity contribution in [1.82, 2.24) is 15.6 Å². The van der Waals surface area contributed by atoms with Crippen LogP contribution in [0.1, 0.15) is 28.3 Å². The molecular formula is C11H14N4O3S. The first-order chi connectivity index (χ1) is 9.10. The summed E-state index contributed by atoms with van der Waals surface area (Å²) >= 11 is 1.36. The first-order valence-electron chi connectivity index (χ1n) is 5.89. The Morgan fingerprint density at radius 3 is 3.05 bits per heavy atom. The van der Waals surface area contributed by atoms with E-state index in [0.29, 0.717) is 19.4 Å². The fourth-order valence-electron chi connectivity index (χ4n) is 1.72. The second-order valence-electron chi connectivity index (χ2n) is 4.14. The highest BCUT2D eigenvalue weighted by Crippen LogP contribution is 2.11. The standard InChI is InChI=1S/C11H14N4O3S/c12-4-3-9-13-7(5-19-9)11(18)14-6-1-2-8(16)15-10(6)17/h5-6H,1-4,12H2,(H,14,18)(H,15,16,17). The van der Waals surface area contributed by atoms with Crippen molar-refractivity contribution in [2.24, 2.45) is 5.73 Å². The molecule has 102 valence electrons. The van der Waals surface area contributed by atoms with Crippen molar-refractivity contribution < 1.29 is 14.4 Å². The van der Waals surface area contributed by atoms with Gasteiger partial charge >= 0.3 is 0 Å². The number of amides is 3. The summed E-state index contributed by atoms with van der Waals surface area (Å²) in [5.74, 6) is -1.19. The van der Waals surface area contributed by atoms with Crippen LogP contribution in [0.15, 0.2) is 5.38 Å². The maximum atomic E-state index is 11.9. The molecular weight excluding hydrogens is 268 g/mol. The van der Waals surface area contributed by atoms with Crippen LogP contribution in [0.3, 0.4) is 0 Å². The van der Waals surface area contributed by atoms with E-state index in [9.17, 15) is 14.4 Å². The minimum absolute atomic E-state index is 0.228. The van der Waals surface area contributed by atoms with Crippen LogP contribution in [-0.4, -0.2) is 35.3 Å². The molecule has 2 rings (SSSR count). The van der Waals surface area contributed by atoms with E-state index >= 15 is 0 Å². The third kappa shape index (κ3) is 3.36. The molecule has 0 saturated carbocycles. The van der Waals surface area contributed by atoms with Gasteiger partial charge in [0.15, 0.2) is 0 Å². The monoisotopic (exact) mass is 282 g/mol. The quantitative estimate of drug-likeness (QED) is 0.624. The van der Waals surface area contributed by atoms with Crippen LogP contribution < -0.4 is 16.4 Å². The molecule has 1 aromatic rings. The van der Waals surface area contributed by atoms with Crippen LogP contribution in [0.4, 0.5) is 0 Å². The van der Waals surface area contributed by atoms with Gasteiger partial charge in [-0.05, 0) is 13.0 Å². The summed E-state index contributed by atoms with van der Waals surface area (Å²) < 4.78 is 0. The summed E-state index contributed by atoms with van der Waals surface area (Å²) in [7, 11) is 0. The van der Waals surface area contributed by atoms with Crippen LogP contribution in [0.25, 0.3) is 0 Å². The largest absolute Gasteiger partial charge is 0.339 e. The smallest absolute Gasteiger partial charge is 0.271 e. The molecule has 8 heteroatoms. The summed E-state index contributed by atoms with van der Waals surface area (Å²) in [5.41, 5.74) is 5.68. The van der Waals surface area contributed by atoms with Crippen LogP contribution in [-0.2, 0) is 16.0 Å². The van der Waals surface area contributed by atoms with Crippen molar-refractivity contribution in [2.75, 3.05) is 6.54 Å². The average Bonchev–Trinajstić information content (AvgIpc) is 2.82. The van der Waals surface area contributed by atoms with Gasteiger partial charge in [-0.1, -0.05) is 0 Å². The highest BCUT2D eigenvalue weighted by Gasteiger charge is 2.28. The van der Waals surface area contributed by atoms with Crippen LogP contribution >= 0.6 is 11.3 Å². The number of nitrogens with zero attached hydrogens (tertiary/aromatic N) is 1. The van der Waals surface area contributed by atoms with Crippen molar-refractivity contribution in [3.8, 4) is 0 Å². The fraction of sp³-hybridized carbons (Fsp3) is 0.455. The molecule has 2 heterocycles.